The molecule has 162 valence electrons. The highest BCUT2D eigenvalue weighted by Crippen LogP contribution is 2.31. The van der Waals surface area contributed by atoms with Gasteiger partial charge in [-0.25, -0.2) is 9.78 Å². The van der Waals surface area contributed by atoms with E-state index in [9.17, 15) is 9.59 Å². The van der Waals surface area contributed by atoms with E-state index >= 15 is 0 Å². The Morgan fingerprint density at radius 2 is 1.90 bits per heavy atom. The van der Waals surface area contributed by atoms with Crippen LogP contribution in [0.15, 0.2) is 24.3 Å². The van der Waals surface area contributed by atoms with Crippen molar-refractivity contribution in [3.63, 3.8) is 0 Å². The van der Waals surface area contributed by atoms with Crippen LogP contribution >= 0.6 is 11.3 Å². The lowest BCUT2D eigenvalue weighted by molar-refractivity contribution is -0.116. The minimum absolute atomic E-state index is 0.0977. The number of carbonyl (C=O) groups is 2. The number of aromatic nitrogens is 1. The summed E-state index contributed by atoms with van der Waals surface area (Å²) in [7, 11) is 1.63. The number of urea groups is 1. The molecule has 7 nitrogen and oxygen atoms in total. The molecular formula is C22H30N4O3S. The van der Waals surface area contributed by atoms with Crippen LogP contribution in [0.2, 0.25) is 0 Å². The second kappa shape index (κ2) is 11.0. The Balaban J connectivity index is 1.40. The molecule has 1 aliphatic carbocycles. The van der Waals surface area contributed by atoms with Gasteiger partial charge < -0.3 is 20.7 Å². The molecule has 1 heterocycles. The van der Waals surface area contributed by atoms with Crippen molar-refractivity contribution in [3.05, 3.63) is 29.1 Å². The summed E-state index contributed by atoms with van der Waals surface area (Å²) in [5.74, 6) is 0.695. The highest BCUT2D eigenvalue weighted by atomic mass is 32.1. The summed E-state index contributed by atoms with van der Waals surface area (Å²) >= 11 is 1.46. The van der Waals surface area contributed by atoms with E-state index < -0.39 is 0 Å². The maximum atomic E-state index is 12.2. The van der Waals surface area contributed by atoms with Gasteiger partial charge in [-0.1, -0.05) is 19.3 Å². The van der Waals surface area contributed by atoms with Gasteiger partial charge in [0.05, 0.1) is 12.8 Å². The molecule has 1 aromatic carbocycles. The van der Waals surface area contributed by atoms with Crippen LogP contribution in [-0.4, -0.2) is 36.6 Å². The van der Waals surface area contributed by atoms with Gasteiger partial charge in [0.1, 0.15) is 5.75 Å². The summed E-state index contributed by atoms with van der Waals surface area (Å²) in [6, 6.07) is 7.85. The third kappa shape index (κ3) is 6.45. The molecule has 30 heavy (non-hydrogen) atoms. The molecule has 3 amide bonds. The number of nitrogens with one attached hydrogen (secondary N) is 3. The third-order valence-electron chi connectivity index (χ3n) is 5.21. The van der Waals surface area contributed by atoms with Crippen LogP contribution in [0.3, 0.4) is 0 Å². The van der Waals surface area contributed by atoms with Crippen LogP contribution < -0.4 is 20.7 Å². The lowest BCUT2D eigenvalue weighted by Gasteiger charge is -2.22. The number of rotatable bonds is 8. The van der Waals surface area contributed by atoms with Crippen molar-refractivity contribution in [2.45, 2.75) is 57.9 Å². The predicted molar refractivity (Wildman–Crippen MR) is 120 cm³/mol. The Bertz CT molecular complexity index is 845. The highest BCUT2D eigenvalue weighted by molar-refractivity contribution is 7.16. The lowest BCUT2D eigenvalue weighted by Crippen LogP contribution is -2.43. The molecule has 1 aromatic heterocycles. The van der Waals surface area contributed by atoms with E-state index in [0.29, 0.717) is 24.5 Å². The van der Waals surface area contributed by atoms with Crippen molar-refractivity contribution in [1.82, 2.24) is 15.6 Å². The molecule has 2 aromatic rings. The van der Waals surface area contributed by atoms with Crippen molar-refractivity contribution in [1.29, 1.82) is 0 Å². The minimum Gasteiger partial charge on any atom is -0.497 e. The Kier molecular flexibility index (Phi) is 8.07. The number of thiazole rings is 1. The number of ether oxygens (including phenoxy) is 1. The quantitative estimate of drug-likeness (QED) is 0.539. The number of nitrogens with zero attached hydrogens (tertiary/aromatic N) is 1. The summed E-state index contributed by atoms with van der Waals surface area (Å²) in [4.78, 5) is 29.8. The number of hydrogen-bond donors (Lipinski definition) is 3. The minimum atomic E-state index is -0.137. The fourth-order valence-corrected chi connectivity index (χ4v) is 4.43. The zero-order chi connectivity index (χ0) is 21.3. The van der Waals surface area contributed by atoms with Gasteiger partial charge in [-0.05, 0) is 50.5 Å². The first-order valence-electron chi connectivity index (χ1n) is 10.5. The molecule has 0 atom stereocenters. The molecule has 1 saturated carbocycles. The van der Waals surface area contributed by atoms with Gasteiger partial charge in [-0.2, -0.15) is 0 Å². The molecule has 0 spiro atoms. The van der Waals surface area contributed by atoms with Crippen LogP contribution in [0.5, 0.6) is 5.75 Å². The molecule has 1 fully saturated rings. The standard InChI is InChI=1S/C22H30N4O3S/c1-15-20(16-10-12-18(29-2)13-11-16)26-22(30-15)25-19(27)9-6-14-23-21(28)24-17-7-4-3-5-8-17/h10-13,17H,3-9,14H2,1-2H3,(H2,23,24,28)(H,25,26,27). The molecule has 0 saturated heterocycles. The Labute approximate surface area is 181 Å². The van der Waals surface area contributed by atoms with E-state index in [0.717, 1.165) is 34.7 Å². The Hall–Kier alpha value is -2.61. The second-order valence-corrected chi connectivity index (χ2v) is 8.74. The number of amides is 3. The normalized spacial score (nSPS) is 14.2. The Morgan fingerprint density at radius 3 is 2.60 bits per heavy atom. The van der Waals surface area contributed by atoms with E-state index in [1.165, 1.54) is 30.6 Å². The van der Waals surface area contributed by atoms with Crippen LogP contribution in [-0.2, 0) is 4.79 Å². The first kappa shape index (κ1) is 22.1. The molecule has 0 aliphatic heterocycles. The lowest BCUT2D eigenvalue weighted by atomic mass is 9.96. The third-order valence-corrected chi connectivity index (χ3v) is 6.10. The van der Waals surface area contributed by atoms with Gasteiger partial charge >= 0.3 is 6.03 Å². The van der Waals surface area contributed by atoms with Crippen LogP contribution in [0, 0.1) is 6.92 Å². The molecular weight excluding hydrogens is 400 g/mol. The number of anilines is 1. The van der Waals surface area contributed by atoms with E-state index in [4.69, 9.17) is 4.74 Å². The predicted octanol–water partition coefficient (Wildman–Crippen LogP) is 4.48. The summed E-state index contributed by atoms with van der Waals surface area (Å²) in [5, 5.41) is 9.31. The number of hydrogen-bond acceptors (Lipinski definition) is 5. The van der Waals surface area contributed by atoms with Gasteiger partial charge in [-0.15, -0.1) is 11.3 Å². The van der Waals surface area contributed by atoms with Crippen molar-refractivity contribution in [2.75, 3.05) is 19.0 Å². The topological polar surface area (TPSA) is 92.3 Å². The SMILES string of the molecule is COc1ccc(-c2nc(NC(=O)CCCNC(=O)NC3CCCCC3)sc2C)cc1. The maximum Gasteiger partial charge on any atom is 0.315 e. The summed E-state index contributed by atoms with van der Waals surface area (Å²) in [6.07, 6.45) is 6.65. The summed E-state index contributed by atoms with van der Waals surface area (Å²) in [6.45, 7) is 2.46. The largest absolute Gasteiger partial charge is 0.497 e. The van der Waals surface area contributed by atoms with Crippen LogP contribution in [0.25, 0.3) is 11.3 Å². The fraction of sp³-hybridized carbons (Fsp3) is 0.500. The zero-order valence-electron chi connectivity index (χ0n) is 17.6. The van der Waals surface area contributed by atoms with Gasteiger partial charge in [0.25, 0.3) is 0 Å². The monoisotopic (exact) mass is 430 g/mol. The molecule has 3 rings (SSSR count). The number of carbonyl (C=O) groups excluding carboxylic acids is 2. The van der Waals surface area contributed by atoms with Crippen molar-refractivity contribution >= 4 is 28.4 Å². The van der Waals surface area contributed by atoms with Gasteiger partial charge in [0.15, 0.2) is 5.13 Å². The van der Waals surface area contributed by atoms with Gasteiger partial charge in [-0.3, -0.25) is 4.79 Å². The maximum absolute atomic E-state index is 12.2. The average Bonchev–Trinajstić information content (AvgIpc) is 3.12. The average molecular weight is 431 g/mol. The summed E-state index contributed by atoms with van der Waals surface area (Å²) < 4.78 is 5.19. The van der Waals surface area contributed by atoms with E-state index in [1.54, 1.807) is 7.11 Å². The molecule has 0 bridgehead atoms. The second-order valence-electron chi connectivity index (χ2n) is 7.54. The van der Waals surface area contributed by atoms with Gasteiger partial charge in [0.2, 0.25) is 5.91 Å². The molecule has 8 heteroatoms. The van der Waals surface area contributed by atoms with E-state index in [1.807, 2.05) is 31.2 Å². The van der Waals surface area contributed by atoms with Crippen LogP contribution in [0.4, 0.5) is 9.93 Å². The summed E-state index contributed by atoms with van der Waals surface area (Å²) in [5.41, 5.74) is 1.84. The van der Waals surface area contributed by atoms with Crippen molar-refractivity contribution in [2.24, 2.45) is 0 Å². The molecule has 0 radical (unpaired) electrons. The fourth-order valence-electron chi connectivity index (χ4n) is 3.58. The number of aryl methyl sites for hydroxylation is 1. The molecule has 3 N–H and O–H groups in total. The van der Waals surface area contributed by atoms with Crippen molar-refractivity contribution < 1.29 is 14.3 Å². The first-order chi connectivity index (χ1) is 14.5. The van der Waals surface area contributed by atoms with E-state index in [-0.39, 0.29) is 18.0 Å². The Morgan fingerprint density at radius 1 is 1.17 bits per heavy atom. The van der Waals surface area contributed by atoms with Crippen LogP contribution in [0.1, 0.15) is 49.8 Å². The van der Waals surface area contributed by atoms with Crippen molar-refractivity contribution in [3.8, 4) is 17.0 Å². The molecule has 1 aliphatic rings. The van der Waals surface area contributed by atoms with E-state index in [2.05, 4.69) is 20.9 Å². The molecule has 0 unspecified atom stereocenters. The number of benzene rings is 1. The first-order valence-corrected chi connectivity index (χ1v) is 11.3. The smallest absolute Gasteiger partial charge is 0.315 e. The zero-order valence-corrected chi connectivity index (χ0v) is 18.4. The van der Waals surface area contributed by atoms with Gasteiger partial charge in [0, 0.05) is 29.4 Å². The highest BCUT2D eigenvalue weighted by Gasteiger charge is 2.15. The number of methoxy groups -OCH3 is 1.